The Morgan fingerprint density at radius 3 is 2.26 bits per heavy atom. The van der Waals surface area contributed by atoms with Gasteiger partial charge in [-0.3, -0.25) is 24.2 Å². The molecule has 4 aromatic rings. The van der Waals surface area contributed by atoms with E-state index in [1.165, 1.54) is 16.2 Å². The van der Waals surface area contributed by atoms with Gasteiger partial charge >= 0.3 is 0 Å². The lowest BCUT2D eigenvalue weighted by Gasteiger charge is -2.35. The number of anilines is 1. The first-order chi connectivity index (χ1) is 17.0. The van der Waals surface area contributed by atoms with Gasteiger partial charge < -0.3 is 4.74 Å². The number of fused-ring (bicyclic) bond motifs is 2. The number of carbonyl (C=O) groups excluding carboxylic acids is 3. The monoisotopic (exact) mass is 481 g/mol. The molecule has 0 spiro atoms. The molecule has 1 unspecified atom stereocenters. The molecule has 3 amide bonds. The third-order valence-electron chi connectivity index (χ3n) is 6.15. The highest BCUT2D eigenvalue weighted by Crippen LogP contribution is 2.39. The van der Waals surface area contributed by atoms with Gasteiger partial charge in [0.15, 0.2) is 6.10 Å². The average Bonchev–Trinajstić information content (AvgIpc) is 3.47. The zero-order chi connectivity index (χ0) is 24.1. The van der Waals surface area contributed by atoms with E-state index in [0.29, 0.717) is 22.6 Å². The summed E-state index contributed by atoms with van der Waals surface area (Å²) in [7, 11) is 0. The number of aromatic nitrogens is 1. The maximum absolute atomic E-state index is 13.1. The summed E-state index contributed by atoms with van der Waals surface area (Å²) in [5.74, 6) is -0.644. The second kappa shape index (κ2) is 8.18. The Hall–Kier alpha value is -4.30. The molecule has 1 aromatic heterocycles. The molecule has 3 aromatic carbocycles. The second-order valence-corrected chi connectivity index (χ2v) is 9.20. The molecule has 2 aliphatic heterocycles. The number of imide groups is 1. The maximum atomic E-state index is 13.1. The highest BCUT2D eigenvalue weighted by Gasteiger charge is 2.40. The number of carbonyl (C=O) groups is 3. The second-order valence-electron chi connectivity index (χ2n) is 8.34. The molecule has 0 saturated carbocycles. The Balaban J connectivity index is 1.35. The minimum Gasteiger partial charge on any atom is -0.479 e. The molecular weight excluding hydrogens is 462 g/mol. The van der Waals surface area contributed by atoms with Crippen LogP contribution in [0.15, 0.2) is 78.2 Å². The molecule has 0 radical (unpaired) electrons. The van der Waals surface area contributed by atoms with Gasteiger partial charge in [-0.1, -0.05) is 42.5 Å². The van der Waals surface area contributed by atoms with Gasteiger partial charge in [-0.25, -0.2) is 4.98 Å². The van der Waals surface area contributed by atoms with Gasteiger partial charge in [-0.2, -0.15) is 0 Å². The summed E-state index contributed by atoms with van der Waals surface area (Å²) < 4.78 is 5.82. The van der Waals surface area contributed by atoms with Crippen LogP contribution in [0.4, 0.5) is 5.69 Å². The fourth-order valence-corrected chi connectivity index (χ4v) is 5.18. The lowest BCUT2D eigenvalue weighted by Crippen LogP contribution is -2.50. The predicted octanol–water partition coefficient (Wildman–Crippen LogP) is 4.84. The van der Waals surface area contributed by atoms with Crippen LogP contribution in [-0.4, -0.2) is 40.4 Å². The van der Waals surface area contributed by atoms with Crippen molar-refractivity contribution < 1.29 is 19.1 Å². The fraction of sp³-hybridized carbons (Fsp3) is 0.111. The minimum atomic E-state index is -0.743. The molecule has 0 fully saturated rings. The first kappa shape index (κ1) is 21.2. The first-order valence-electron chi connectivity index (χ1n) is 11.1. The molecule has 172 valence electrons. The summed E-state index contributed by atoms with van der Waals surface area (Å²) in [6, 6.07) is 22.1. The molecule has 7 nitrogen and oxygen atoms in total. The Morgan fingerprint density at radius 2 is 1.54 bits per heavy atom. The zero-order valence-corrected chi connectivity index (χ0v) is 19.5. The van der Waals surface area contributed by atoms with E-state index < -0.39 is 17.9 Å². The van der Waals surface area contributed by atoms with Crippen molar-refractivity contribution in [2.75, 3.05) is 11.6 Å². The molecule has 0 saturated heterocycles. The summed E-state index contributed by atoms with van der Waals surface area (Å²) in [4.78, 5) is 46.3. The standard InChI is InChI=1S/C27H19N3O4S/c1-16-25(31)29(15-30-26(32)19-9-5-6-10-20(19)27(30)33)22-13-18(11-12-23(22)34-16)21-14-35-24(28-21)17-7-3-2-4-8-17/h2-14,16H,15H2,1H3. The number of hydrogen-bond acceptors (Lipinski definition) is 6. The highest BCUT2D eigenvalue weighted by atomic mass is 32.1. The number of ether oxygens (including phenoxy) is 1. The van der Waals surface area contributed by atoms with Crippen molar-refractivity contribution in [1.82, 2.24) is 9.88 Å². The van der Waals surface area contributed by atoms with Crippen molar-refractivity contribution in [3.8, 4) is 27.6 Å². The van der Waals surface area contributed by atoms with Crippen molar-refractivity contribution in [1.29, 1.82) is 0 Å². The van der Waals surface area contributed by atoms with E-state index in [4.69, 9.17) is 9.72 Å². The van der Waals surface area contributed by atoms with E-state index >= 15 is 0 Å². The number of hydrogen-bond donors (Lipinski definition) is 0. The molecule has 3 heterocycles. The van der Waals surface area contributed by atoms with Crippen LogP contribution in [0.3, 0.4) is 0 Å². The normalized spacial score (nSPS) is 16.8. The van der Waals surface area contributed by atoms with Crippen LogP contribution in [0.25, 0.3) is 21.8 Å². The zero-order valence-electron chi connectivity index (χ0n) is 18.7. The quantitative estimate of drug-likeness (QED) is 0.390. The van der Waals surface area contributed by atoms with Gasteiger partial charge in [0, 0.05) is 16.5 Å². The molecule has 1 atom stereocenters. The van der Waals surface area contributed by atoms with Crippen molar-refractivity contribution in [3.05, 3.63) is 89.3 Å². The van der Waals surface area contributed by atoms with Crippen LogP contribution in [0.5, 0.6) is 5.75 Å². The number of amides is 3. The molecule has 2 aliphatic rings. The molecule has 0 N–H and O–H groups in total. The fourth-order valence-electron chi connectivity index (χ4n) is 4.34. The Labute approximate surface area is 205 Å². The number of nitrogens with zero attached hydrogens (tertiary/aromatic N) is 3. The summed E-state index contributed by atoms with van der Waals surface area (Å²) >= 11 is 1.54. The van der Waals surface area contributed by atoms with E-state index in [-0.39, 0.29) is 12.6 Å². The molecule has 35 heavy (non-hydrogen) atoms. The van der Waals surface area contributed by atoms with Crippen molar-refractivity contribution >= 4 is 34.7 Å². The van der Waals surface area contributed by atoms with Gasteiger partial charge in [0.25, 0.3) is 17.7 Å². The Morgan fingerprint density at radius 1 is 0.857 bits per heavy atom. The van der Waals surface area contributed by atoms with Crippen LogP contribution in [-0.2, 0) is 4.79 Å². The van der Waals surface area contributed by atoms with Crippen LogP contribution < -0.4 is 9.64 Å². The van der Waals surface area contributed by atoms with Crippen molar-refractivity contribution in [2.45, 2.75) is 13.0 Å². The smallest absolute Gasteiger partial charge is 0.269 e. The van der Waals surface area contributed by atoms with Crippen LogP contribution in [0, 0.1) is 0 Å². The third-order valence-corrected chi connectivity index (χ3v) is 7.04. The van der Waals surface area contributed by atoms with Gasteiger partial charge in [-0.05, 0) is 37.3 Å². The topological polar surface area (TPSA) is 79.8 Å². The maximum Gasteiger partial charge on any atom is 0.269 e. The Bertz CT molecular complexity index is 1460. The summed E-state index contributed by atoms with van der Waals surface area (Å²) in [5.41, 5.74) is 3.79. The third kappa shape index (κ3) is 3.50. The Kier molecular flexibility index (Phi) is 4.96. The van der Waals surface area contributed by atoms with Crippen LogP contribution >= 0.6 is 11.3 Å². The number of thiazole rings is 1. The van der Waals surface area contributed by atoms with E-state index in [1.54, 1.807) is 37.3 Å². The van der Waals surface area contributed by atoms with E-state index in [2.05, 4.69) is 0 Å². The molecule has 6 rings (SSSR count). The van der Waals surface area contributed by atoms with E-state index in [1.807, 2.05) is 47.8 Å². The summed E-state index contributed by atoms with van der Waals surface area (Å²) in [6.07, 6.45) is -0.743. The average molecular weight is 482 g/mol. The van der Waals surface area contributed by atoms with Crippen LogP contribution in [0.2, 0.25) is 0 Å². The van der Waals surface area contributed by atoms with E-state index in [9.17, 15) is 14.4 Å². The summed E-state index contributed by atoms with van der Waals surface area (Å²) in [5, 5.41) is 2.86. The van der Waals surface area contributed by atoms with Gasteiger partial charge in [0.05, 0.1) is 22.5 Å². The SMILES string of the molecule is CC1Oc2ccc(-c3csc(-c4ccccc4)n3)cc2N(CN2C(=O)c3ccccc3C2=O)C1=O. The first-order valence-corrected chi connectivity index (χ1v) is 12.0. The van der Waals surface area contributed by atoms with Gasteiger partial charge in [-0.15, -0.1) is 11.3 Å². The largest absolute Gasteiger partial charge is 0.479 e. The minimum absolute atomic E-state index is 0.193. The van der Waals surface area contributed by atoms with Gasteiger partial charge in [0.2, 0.25) is 0 Å². The molecular formula is C27H19N3O4S. The summed E-state index contributed by atoms with van der Waals surface area (Å²) in [6.45, 7) is 1.46. The van der Waals surface area contributed by atoms with E-state index in [0.717, 1.165) is 26.7 Å². The van der Waals surface area contributed by atoms with Crippen molar-refractivity contribution in [2.24, 2.45) is 0 Å². The van der Waals surface area contributed by atoms with Crippen molar-refractivity contribution in [3.63, 3.8) is 0 Å². The predicted molar refractivity (Wildman–Crippen MR) is 132 cm³/mol. The van der Waals surface area contributed by atoms with Gasteiger partial charge in [0.1, 0.15) is 17.4 Å². The highest BCUT2D eigenvalue weighted by molar-refractivity contribution is 7.13. The number of rotatable bonds is 4. The molecule has 0 aliphatic carbocycles. The lowest BCUT2D eigenvalue weighted by atomic mass is 10.1. The number of benzene rings is 3. The molecule has 8 heteroatoms. The lowest BCUT2D eigenvalue weighted by molar-refractivity contribution is -0.125. The van der Waals surface area contributed by atoms with Crippen LogP contribution in [0.1, 0.15) is 27.6 Å². The molecule has 0 bridgehead atoms.